The third kappa shape index (κ3) is 3.13. The maximum atomic E-state index is 12.9. The number of aryl methyl sites for hydroxylation is 1. The lowest BCUT2D eigenvalue weighted by Gasteiger charge is -2.19. The second kappa shape index (κ2) is 5.81. The standard InChI is InChI=1S/C16H15ClF3N3O/c1-23-14(24)13(17)12(8-22-23)21-9-15(5-6-15)10-3-2-4-11(7-10)16(18,19)20/h2-4,7-8,21H,5-6,9H2,1H3. The first kappa shape index (κ1) is 16.8. The van der Waals surface area contributed by atoms with E-state index in [1.807, 2.05) is 0 Å². The highest BCUT2D eigenvalue weighted by atomic mass is 35.5. The van der Waals surface area contributed by atoms with Crippen molar-refractivity contribution < 1.29 is 13.2 Å². The van der Waals surface area contributed by atoms with Gasteiger partial charge in [0.1, 0.15) is 5.02 Å². The molecule has 3 rings (SSSR count). The third-order valence-corrected chi connectivity index (χ3v) is 4.72. The lowest BCUT2D eigenvalue weighted by molar-refractivity contribution is -0.137. The SMILES string of the molecule is Cn1ncc(NCC2(c3cccc(C(F)(F)F)c3)CC2)c(Cl)c1=O. The van der Waals surface area contributed by atoms with Crippen molar-refractivity contribution in [2.75, 3.05) is 11.9 Å². The molecule has 1 N–H and O–H groups in total. The van der Waals surface area contributed by atoms with E-state index in [9.17, 15) is 18.0 Å². The maximum absolute atomic E-state index is 12.9. The van der Waals surface area contributed by atoms with E-state index >= 15 is 0 Å². The summed E-state index contributed by atoms with van der Waals surface area (Å²) in [5.41, 5.74) is -0.424. The smallest absolute Gasteiger partial charge is 0.381 e. The third-order valence-electron chi connectivity index (χ3n) is 4.35. The highest BCUT2D eigenvalue weighted by molar-refractivity contribution is 6.32. The van der Waals surface area contributed by atoms with Crippen molar-refractivity contribution in [1.82, 2.24) is 9.78 Å². The first-order chi connectivity index (χ1) is 11.2. The lowest BCUT2D eigenvalue weighted by atomic mass is 9.94. The van der Waals surface area contributed by atoms with Gasteiger partial charge in [-0.3, -0.25) is 4.79 Å². The fourth-order valence-electron chi connectivity index (χ4n) is 2.64. The minimum absolute atomic E-state index is 0.0207. The molecule has 1 aliphatic rings. The molecule has 0 unspecified atom stereocenters. The summed E-state index contributed by atoms with van der Waals surface area (Å²) in [6.07, 6.45) is -1.38. The predicted molar refractivity (Wildman–Crippen MR) is 85.3 cm³/mol. The summed E-state index contributed by atoms with van der Waals surface area (Å²) < 4.78 is 39.8. The van der Waals surface area contributed by atoms with Crippen LogP contribution in [0.1, 0.15) is 24.0 Å². The summed E-state index contributed by atoms with van der Waals surface area (Å²) in [7, 11) is 1.49. The number of nitrogens with one attached hydrogen (secondary N) is 1. The number of anilines is 1. The molecule has 1 aromatic heterocycles. The summed E-state index contributed by atoms with van der Waals surface area (Å²) >= 11 is 5.99. The van der Waals surface area contributed by atoms with Crippen LogP contribution in [0.3, 0.4) is 0 Å². The predicted octanol–water partition coefficient (Wildman–Crippen LogP) is 3.60. The highest BCUT2D eigenvalue weighted by Crippen LogP contribution is 2.49. The zero-order valence-corrected chi connectivity index (χ0v) is 13.6. The van der Waals surface area contributed by atoms with Crippen molar-refractivity contribution >= 4 is 17.3 Å². The van der Waals surface area contributed by atoms with E-state index in [1.54, 1.807) is 6.07 Å². The number of hydrogen-bond acceptors (Lipinski definition) is 3. The zero-order chi connectivity index (χ0) is 17.5. The number of aromatic nitrogens is 2. The normalized spacial score (nSPS) is 16.0. The van der Waals surface area contributed by atoms with Crippen LogP contribution in [0.15, 0.2) is 35.3 Å². The average Bonchev–Trinajstić information content (AvgIpc) is 3.33. The molecule has 1 heterocycles. The van der Waals surface area contributed by atoms with Crippen LogP contribution in [0.25, 0.3) is 0 Å². The Bertz CT molecular complexity index is 828. The molecule has 1 saturated carbocycles. The second-order valence-electron chi connectivity index (χ2n) is 6.01. The van der Waals surface area contributed by atoms with Gasteiger partial charge in [0, 0.05) is 19.0 Å². The minimum atomic E-state index is -4.36. The van der Waals surface area contributed by atoms with E-state index in [0.29, 0.717) is 17.8 Å². The van der Waals surface area contributed by atoms with E-state index < -0.39 is 17.3 Å². The second-order valence-corrected chi connectivity index (χ2v) is 6.39. The van der Waals surface area contributed by atoms with Crippen molar-refractivity contribution in [3.8, 4) is 0 Å². The summed E-state index contributed by atoms with van der Waals surface area (Å²) in [6.45, 7) is 0.392. The molecule has 8 heteroatoms. The first-order valence-corrected chi connectivity index (χ1v) is 7.74. The van der Waals surface area contributed by atoms with Gasteiger partial charge in [-0.05, 0) is 24.5 Å². The summed E-state index contributed by atoms with van der Waals surface area (Å²) in [4.78, 5) is 11.8. The van der Waals surface area contributed by atoms with Crippen molar-refractivity contribution in [1.29, 1.82) is 0 Å². The largest absolute Gasteiger partial charge is 0.416 e. The van der Waals surface area contributed by atoms with Crippen LogP contribution in [-0.2, 0) is 18.6 Å². The number of rotatable bonds is 4. The Labute approximate surface area is 141 Å². The van der Waals surface area contributed by atoms with Crippen LogP contribution < -0.4 is 10.9 Å². The molecule has 0 saturated heterocycles. The van der Waals surface area contributed by atoms with E-state index in [-0.39, 0.29) is 10.4 Å². The molecule has 1 aliphatic carbocycles. The Morgan fingerprint density at radius 3 is 2.71 bits per heavy atom. The zero-order valence-electron chi connectivity index (χ0n) is 12.8. The monoisotopic (exact) mass is 357 g/mol. The fourth-order valence-corrected chi connectivity index (χ4v) is 2.88. The Hall–Kier alpha value is -2.02. The van der Waals surface area contributed by atoms with E-state index in [1.165, 1.54) is 25.4 Å². The number of benzene rings is 1. The summed E-state index contributed by atoms with van der Waals surface area (Å²) in [5.74, 6) is 0. The molecule has 0 aliphatic heterocycles. The lowest BCUT2D eigenvalue weighted by Crippen LogP contribution is -2.24. The molecule has 128 valence electrons. The fraction of sp³-hybridized carbons (Fsp3) is 0.375. The average molecular weight is 358 g/mol. The van der Waals surface area contributed by atoms with Gasteiger partial charge in [0.2, 0.25) is 0 Å². The van der Waals surface area contributed by atoms with E-state index in [0.717, 1.165) is 23.6 Å². The highest BCUT2D eigenvalue weighted by Gasteiger charge is 2.45. The van der Waals surface area contributed by atoms with Crippen LogP contribution in [-0.4, -0.2) is 16.3 Å². The molecule has 4 nitrogen and oxygen atoms in total. The Balaban J connectivity index is 1.81. The van der Waals surface area contributed by atoms with Gasteiger partial charge in [-0.25, -0.2) is 4.68 Å². The van der Waals surface area contributed by atoms with Crippen LogP contribution >= 0.6 is 11.6 Å². The number of halogens is 4. The van der Waals surface area contributed by atoms with Gasteiger partial charge >= 0.3 is 6.18 Å². The molecule has 1 aromatic carbocycles. The first-order valence-electron chi connectivity index (χ1n) is 7.36. The molecule has 0 bridgehead atoms. The van der Waals surface area contributed by atoms with Crippen LogP contribution in [0.2, 0.25) is 5.02 Å². The van der Waals surface area contributed by atoms with Crippen molar-refractivity contribution in [2.24, 2.45) is 7.05 Å². The molecular weight excluding hydrogens is 343 g/mol. The molecule has 2 aromatic rings. The minimum Gasteiger partial charge on any atom is -0.381 e. The van der Waals surface area contributed by atoms with Gasteiger partial charge in [0.25, 0.3) is 5.56 Å². The van der Waals surface area contributed by atoms with Crippen molar-refractivity contribution in [3.63, 3.8) is 0 Å². The van der Waals surface area contributed by atoms with Gasteiger partial charge in [0.15, 0.2) is 0 Å². The Morgan fingerprint density at radius 1 is 1.38 bits per heavy atom. The van der Waals surface area contributed by atoms with Gasteiger partial charge in [-0.2, -0.15) is 18.3 Å². The molecule has 24 heavy (non-hydrogen) atoms. The molecule has 0 amide bonds. The molecule has 0 atom stereocenters. The maximum Gasteiger partial charge on any atom is 0.416 e. The quantitative estimate of drug-likeness (QED) is 0.909. The van der Waals surface area contributed by atoms with Crippen molar-refractivity contribution in [2.45, 2.75) is 24.4 Å². The molecule has 0 radical (unpaired) electrons. The summed E-state index contributed by atoms with van der Waals surface area (Å²) in [5, 5.41) is 6.96. The Morgan fingerprint density at radius 2 is 2.08 bits per heavy atom. The molecular formula is C16H15ClF3N3O. The van der Waals surface area contributed by atoms with E-state index in [2.05, 4.69) is 10.4 Å². The molecule has 1 fully saturated rings. The van der Waals surface area contributed by atoms with Gasteiger partial charge in [0.05, 0.1) is 17.4 Å². The van der Waals surface area contributed by atoms with Crippen LogP contribution in [0, 0.1) is 0 Å². The number of nitrogens with zero attached hydrogens (tertiary/aromatic N) is 2. The summed E-state index contributed by atoms with van der Waals surface area (Å²) in [6, 6.07) is 5.38. The van der Waals surface area contributed by atoms with Crippen LogP contribution in [0.4, 0.5) is 18.9 Å². The molecule has 0 spiro atoms. The Kier molecular flexibility index (Phi) is 4.07. The number of hydrogen-bond donors (Lipinski definition) is 1. The van der Waals surface area contributed by atoms with E-state index in [4.69, 9.17) is 11.6 Å². The number of alkyl halides is 3. The van der Waals surface area contributed by atoms with Gasteiger partial charge in [-0.1, -0.05) is 29.8 Å². The van der Waals surface area contributed by atoms with Crippen molar-refractivity contribution in [3.05, 3.63) is 57.0 Å². The van der Waals surface area contributed by atoms with Crippen LogP contribution in [0.5, 0.6) is 0 Å². The van der Waals surface area contributed by atoms with Gasteiger partial charge < -0.3 is 5.32 Å². The van der Waals surface area contributed by atoms with Gasteiger partial charge in [-0.15, -0.1) is 0 Å². The topological polar surface area (TPSA) is 46.9 Å².